The normalized spacial score (nSPS) is 16.1. The van der Waals surface area contributed by atoms with Gasteiger partial charge in [-0.05, 0) is 36.4 Å². The van der Waals surface area contributed by atoms with E-state index in [1.165, 1.54) is 17.3 Å². The molecule has 6 nitrogen and oxygen atoms in total. The van der Waals surface area contributed by atoms with Gasteiger partial charge in [0.1, 0.15) is 0 Å². The smallest absolute Gasteiger partial charge is 0.229 e. The molecule has 2 aromatic carbocycles. The van der Waals surface area contributed by atoms with Gasteiger partial charge < -0.3 is 14.8 Å². The minimum absolute atomic E-state index is 0.0198. The Morgan fingerprint density at radius 2 is 1.97 bits per heavy atom. The first-order valence-corrected chi connectivity index (χ1v) is 10.7. The van der Waals surface area contributed by atoms with E-state index in [0.29, 0.717) is 13.1 Å². The molecule has 1 saturated heterocycles. The van der Waals surface area contributed by atoms with Crippen LogP contribution < -0.4 is 5.32 Å². The van der Waals surface area contributed by atoms with Gasteiger partial charge in [-0.25, -0.2) is 4.98 Å². The van der Waals surface area contributed by atoms with Gasteiger partial charge in [0.05, 0.1) is 11.6 Å². The molecule has 1 atom stereocenters. The van der Waals surface area contributed by atoms with Crippen LogP contribution in [-0.2, 0) is 23.2 Å². The van der Waals surface area contributed by atoms with E-state index in [4.69, 9.17) is 0 Å². The Bertz CT molecular complexity index is 1060. The van der Waals surface area contributed by atoms with Crippen molar-refractivity contribution < 1.29 is 9.59 Å². The molecule has 1 unspecified atom stereocenters. The van der Waals surface area contributed by atoms with Crippen molar-refractivity contribution in [1.82, 2.24) is 14.5 Å². The lowest BCUT2D eigenvalue weighted by atomic mass is 10.1. The zero-order valence-electron chi connectivity index (χ0n) is 17.0. The number of nitrogens with one attached hydrogen (secondary N) is 1. The number of amides is 2. The van der Waals surface area contributed by atoms with E-state index in [0.717, 1.165) is 21.3 Å². The number of rotatable bonds is 6. The number of carbonyl (C=O) groups excluding carboxylic acids is 2. The van der Waals surface area contributed by atoms with Crippen molar-refractivity contribution in [3.8, 4) is 0 Å². The molecule has 0 spiro atoms. The van der Waals surface area contributed by atoms with Crippen molar-refractivity contribution in [2.24, 2.45) is 13.0 Å². The molecule has 1 aromatic heterocycles. The molecular weight excluding hydrogens is 396 g/mol. The number of aryl methyl sites for hydroxylation is 2. The lowest BCUT2D eigenvalue weighted by molar-refractivity contribution is -0.128. The first kappa shape index (κ1) is 20.2. The maximum Gasteiger partial charge on any atom is 0.229 e. The minimum Gasteiger partial charge on any atom is -0.338 e. The summed E-state index contributed by atoms with van der Waals surface area (Å²) in [6.07, 6.45) is 3.87. The second-order valence-electron chi connectivity index (χ2n) is 7.57. The average molecular weight is 421 g/mol. The lowest BCUT2D eigenvalue weighted by Gasteiger charge is -2.17. The number of aromatic nitrogens is 2. The van der Waals surface area contributed by atoms with Crippen LogP contribution >= 0.6 is 11.8 Å². The van der Waals surface area contributed by atoms with Crippen LogP contribution in [0, 0.1) is 12.8 Å². The predicted octanol–water partition coefficient (Wildman–Crippen LogP) is 3.87. The highest BCUT2D eigenvalue weighted by Gasteiger charge is 2.34. The van der Waals surface area contributed by atoms with Crippen LogP contribution in [0.5, 0.6) is 0 Å². The molecule has 7 heteroatoms. The van der Waals surface area contributed by atoms with Crippen LogP contribution in [0.4, 0.5) is 5.69 Å². The molecule has 0 bridgehead atoms. The molecule has 154 valence electrons. The van der Waals surface area contributed by atoms with E-state index in [2.05, 4.69) is 10.3 Å². The van der Waals surface area contributed by atoms with Gasteiger partial charge in [-0.3, -0.25) is 9.59 Å². The van der Waals surface area contributed by atoms with Crippen molar-refractivity contribution in [2.75, 3.05) is 11.9 Å². The number of likely N-dealkylation sites (tertiary alicyclic amines) is 1. The SMILES string of the molecule is Cc1ccc(CN2CC(C(=O)Nc3ccccc3Sc3nccn3C)CC2=O)cc1. The Balaban J connectivity index is 1.41. The zero-order valence-corrected chi connectivity index (χ0v) is 17.9. The highest BCUT2D eigenvalue weighted by atomic mass is 32.2. The number of nitrogens with zero attached hydrogens (tertiary/aromatic N) is 3. The van der Waals surface area contributed by atoms with Gasteiger partial charge in [0.25, 0.3) is 0 Å². The zero-order chi connectivity index (χ0) is 21.1. The first-order valence-electron chi connectivity index (χ1n) is 9.88. The van der Waals surface area contributed by atoms with Crippen molar-refractivity contribution in [2.45, 2.75) is 29.9 Å². The third kappa shape index (κ3) is 4.57. The summed E-state index contributed by atoms with van der Waals surface area (Å²) in [5.74, 6) is -0.455. The molecule has 2 heterocycles. The molecule has 1 aliphatic heterocycles. The number of imidazole rings is 1. The van der Waals surface area contributed by atoms with Crippen LogP contribution in [-0.4, -0.2) is 32.8 Å². The minimum atomic E-state index is -0.353. The van der Waals surface area contributed by atoms with Crippen molar-refractivity contribution in [3.63, 3.8) is 0 Å². The Morgan fingerprint density at radius 1 is 1.20 bits per heavy atom. The number of anilines is 1. The molecule has 2 amide bonds. The van der Waals surface area contributed by atoms with Gasteiger partial charge in [0.2, 0.25) is 11.8 Å². The van der Waals surface area contributed by atoms with Crippen LogP contribution in [0.3, 0.4) is 0 Å². The Morgan fingerprint density at radius 3 is 2.70 bits per heavy atom. The van der Waals surface area contributed by atoms with E-state index >= 15 is 0 Å². The highest BCUT2D eigenvalue weighted by Crippen LogP contribution is 2.33. The van der Waals surface area contributed by atoms with E-state index in [-0.39, 0.29) is 24.2 Å². The Kier molecular flexibility index (Phi) is 5.90. The molecule has 1 fully saturated rings. The number of para-hydroxylation sites is 1. The standard InChI is InChI=1S/C23H24N4O2S/c1-16-7-9-17(10-8-16)14-27-15-18(13-21(27)28)22(29)25-19-5-3-4-6-20(19)30-23-24-11-12-26(23)2/h3-12,18H,13-15H2,1-2H3,(H,25,29). The fourth-order valence-corrected chi connectivity index (χ4v) is 4.35. The van der Waals surface area contributed by atoms with Crippen molar-refractivity contribution in [1.29, 1.82) is 0 Å². The van der Waals surface area contributed by atoms with Crippen molar-refractivity contribution in [3.05, 3.63) is 72.1 Å². The molecule has 1 N–H and O–H groups in total. The summed E-state index contributed by atoms with van der Waals surface area (Å²) in [4.78, 5) is 32.4. The molecule has 0 aliphatic carbocycles. The lowest BCUT2D eigenvalue weighted by Crippen LogP contribution is -2.28. The molecule has 0 saturated carbocycles. The number of hydrogen-bond acceptors (Lipinski definition) is 4. The summed E-state index contributed by atoms with van der Waals surface area (Å²) >= 11 is 1.50. The second-order valence-corrected chi connectivity index (χ2v) is 8.58. The first-order chi connectivity index (χ1) is 14.5. The summed E-state index contributed by atoms with van der Waals surface area (Å²) in [6.45, 7) is 3.01. The highest BCUT2D eigenvalue weighted by molar-refractivity contribution is 7.99. The summed E-state index contributed by atoms with van der Waals surface area (Å²) in [7, 11) is 1.93. The van der Waals surface area contributed by atoms with Crippen LogP contribution in [0.25, 0.3) is 0 Å². The van der Waals surface area contributed by atoms with E-state index in [1.807, 2.05) is 73.3 Å². The molecular formula is C23H24N4O2S. The maximum absolute atomic E-state index is 12.9. The van der Waals surface area contributed by atoms with Gasteiger partial charge in [0, 0.05) is 43.8 Å². The quantitative estimate of drug-likeness (QED) is 0.657. The van der Waals surface area contributed by atoms with Crippen molar-refractivity contribution >= 4 is 29.3 Å². The van der Waals surface area contributed by atoms with Crippen LogP contribution in [0.1, 0.15) is 17.5 Å². The van der Waals surface area contributed by atoms with Gasteiger partial charge in [-0.15, -0.1) is 0 Å². The fraction of sp³-hybridized carbons (Fsp3) is 0.261. The largest absolute Gasteiger partial charge is 0.338 e. The van der Waals surface area contributed by atoms with Gasteiger partial charge in [-0.2, -0.15) is 0 Å². The Hall–Kier alpha value is -3.06. The summed E-state index contributed by atoms with van der Waals surface area (Å²) in [6, 6.07) is 15.8. The number of hydrogen-bond donors (Lipinski definition) is 1. The molecule has 30 heavy (non-hydrogen) atoms. The summed E-state index contributed by atoms with van der Waals surface area (Å²) in [5, 5.41) is 3.87. The molecule has 3 aromatic rings. The fourth-order valence-electron chi connectivity index (χ4n) is 3.46. The monoisotopic (exact) mass is 420 g/mol. The van der Waals surface area contributed by atoms with E-state index < -0.39 is 0 Å². The van der Waals surface area contributed by atoms with E-state index in [1.54, 1.807) is 11.1 Å². The van der Waals surface area contributed by atoms with Crippen LogP contribution in [0.2, 0.25) is 0 Å². The van der Waals surface area contributed by atoms with Crippen LogP contribution in [0.15, 0.2) is 71.0 Å². The second kappa shape index (κ2) is 8.75. The number of carbonyl (C=O) groups is 2. The molecule has 0 radical (unpaired) electrons. The average Bonchev–Trinajstić information content (AvgIpc) is 3.31. The summed E-state index contributed by atoms with van der Waals surface area (Å²) < 4.78 is 1.93. The van der Waals surface area contributed by atoms with E-state index in [9.17, 15) is 9.59 Å². The third-order valence-electron chi connectivity index (χ3n) is 5.20. The Labute approximate surface area is 180 Å². The summed E-state index contributed by atoms with van der Waals surface area (Å²) in [5.41, 5.74) is 3.00. The number of benzene rings is 2. The topological polar surface area (TPSA) is 67.2 Å². The van der Waals surface area contributed by atoms with Gasteiger partial charge in [-0.1, -0.05) is 42.0 Å². The van der Waals surface area contributed by atoms with Gasteiger partial charge >= 0.3 is 0 Å². The van der Waals surface area contributed by atoms with Gasteiger partial charge in [0.15, 0.2) is 5.16 Å². The molecule has 4 rings (SSSR count). The molecule has 1 aliphatic rings. The third-order valence-corrected chi connectivity index (χ3v) is 6.35. The maximum atomic E-state index is 12.9. The predicted molar refractivity (Wildman–Crippen MR) is 117 cm³/mol.